The zero-order valence-corrected chi connectivity index (χ0v) is 19.9. The molecule has 0 aromatic heterocycles. The van der Waals surface area contributed by atoms with Crippen LogP contribution in [0.15, 0.2) is 48.0 Å². The van der Waals surface area contributed by atoms with Crippen LogP contribution in [0.4, 0.5) is 0 Å². The van der Waals surface area contributed by atoms with Crippen LogP contribution in [0.25, 0.3) is 17.2 Å². The molecule has 1 saturated carbocycles. The van der Waals surface area contributed by atoms with E-state index in [2.05, 4.69) is 68.2 Å². The fourth-order valence-electron chi connectivity index (χ4n) is 4.56. The summed E-state index contributed by atoms with van der Waals surface area (Å²) < 4.78 is 0. The van der Waals surface area contributed by atoms with Gasteiger partial charge in [0.15, 0.2) is 0 Å². The number of rotatable bonds is 4. The Labute approximate surface area is 179 Å². The van der Waals surface area contributed by atoms with E-state index in [-0.39, 0.29) is 26.2 Å². The fourth-order valence-corrected chi connectivity index (χ4v) is 5.72. The monoisotopic (exact) mass is 436 g/mol. The van der Waals surface area contributed by atoms with Gasteiger partial charge >= 0.3 is 0 Å². The van der Waals surface area contributed by atoms with Gasteiger partial charge in [0.05, 0.1) is 8.07 Å². The summed E-state index contributed by atoms with van der Waals surface area (Å²) in [6, 6.07) is 16.3. The van der Waals surface area contributed by atoms with E-state index in [0.717, 1.165) is 5.92 Å². The molecule has 0 aliphatic heterocycles. The summed E-state index contributed by atoms with van der Waals surface area (Å²) in [5, 5.41) is 1.54. The van der Waals surface area contributed by atoms with Gasteiger partial charge in [0.25, 0.3) is 0 Å². The third-order valence-corrected chi connectivity index (χ3v) is 8.12. The normalized spacial score (nSPS) is 17.0. The first-order chi connectivity index (χ1) is 12.0. The molecule has 0 radical (unpaired) electrons. The molecule has 4 rings (SSSR count). The summed E-state index contributed by atoms with van der Waals surface area (Å²) in [6.07, 6.45) is 10.8. The SMILES string of the molecule is C[Si](C)(C)c1ccc(-c2cccc3c2C=C(CC2CCCC2)C3)cc1.[Zr]. The van der Waals surface area contributed by atoms with Crippen molar-refractivity contribution in [1.82, 2.24) is 0 Å². The summed E-state index contributed by atoms with van der Waals surface area (Å²) in [7, 11) is -1.22. The molecule has 2 aliphatic carbocycles. The molecule has 2 aromatic carbocycles. The minimum atomic E-state index is -1.22. The number of hydrogen-bond acceptors (Lipinski definition) is 0. The van der Waals surface area contributed by atoms with Crippen LogP contribution in [0.5, 0.6) is 0 Å². The Balaban J connectivity index is 0.00000196. The molecule has 134 valence electrons. The first kappa shape index (κ1) is 20.0. The van der Waals surface area contributed by atoms with Gasteiger partial charge in [0.2, 0.25) is 0 Å². The first-order valence-electron chi connectivity index (χ1n) is 9.93. The van der Waals surface area contributed by atoms with Crippen LogP contribution >= 0.6 is 0 Å². The van der Waals surface area contributed by atoms with Gasteiger partial charge in [0, 0.05) is 26.2 Å². The largest absolute Gasteiger partial charge is 0.0775 e. The fraction of sp³-hybridized carbons (Fsp3) is 0.417. The number of allylic oxidation sites excluding steroid dienone is 1. The van der Waals surface area contributed by atoms with E-state index in [1.807, 2.05) is 0 Å². The van der Waals surface area contributed by atoms with Crippen LogP contribution in [0.1, 0.15) is 43.2 Å². The predicted molar refractivity (Wildman–Crippen MR) is 113 cm³/mol. The maximum atomic E-state index is 2.51. The van der Waals surface area contributed by atoms with E-state index in [0.29, 0.717) is 0 Å². The quantitative estimate of drug-likeness (QED) is 0.484. The van der Waals surface area contributed by atoms with Crippen molar-refractivity contribution in [3.8, 4) is 11.1 Å². The Morgan fingerprint density at radius 2 is 1.62 bits per heavy atom. The Morgan fingerprint density at radius 1 is 0.923 bits per heavy atom. The van der Waals surface area contributed by atoms with Crippen LogP contribution < -0.4 is 5.19 Å². The molecular formula is C24H30SiZr. The number of benzene rings is 2. The molecule has 0 saturated heterocycles. The average Bonchev–Trinajstić information content (AvgIpc) is 3.23. The molecule has 2 heteroatoms. The Bertz CT molecular complexity index is 790. The van der Waals surface area contributed by atoms with Crippen molar-refractivity contribution in [2.24, 2.45) is 5.92 Å². The molecule has 2 aliphatic rings. The average molecular weight is 438 g/mol. The summed E-state index contributed by atoms with van der Waals surface area (Å²) in [6.45, 7) is 7.25. The second-order valence-corrected chi connectivity index (χ2v) is 14.1. The van der Waals surface area contributed by atoms with Gasteiger partial charge in [-0.15, -0.1) is 0 Å². The summed E-state index contributed by atoms with van der Waals surface area (Å²) in [4.78, 5) is 0. The van der Waals surface area contributed by atoms with Gasteiger partial charge in [-0.25, -0.2) is 0 Å². The van der Waals surface area contributed by atoms with Gasteiger partial charge in [0.1, 0.15) is 0 Å². The van der Waals surface area contributed by atoms with Crippen molar-refractivity contribution >= 4 is 19.3 Å². The summed E-state index contributed by atoms with van der Waals surface area (Å²) in [5.41, 5.74) is 7.46. The van der Waals surface area contributed by atoms with E-state index in [1.165, 1.54) is 60.8 Å². The van der Waals surface area contributed by atoms with Crippen molar-refractivity contribution in [2.45, 2.75) is 58.2 Å². The standard InChI is InChI=1S/C24H30Si.Zr/c1-25(2,3)22-13-11-20(12-14-22)23-10-6-9-21-16-19(17-24(21)23)15-18-7-4-5-8-18;/h6,9-14,17-18H,4-5,7-8,15-16H2,1-3H3;. The molecule has 0 spiro atoms. The number of hydrogen-bond donors (Lipinski definition) is 0. The Hall–Kier alpha value is -0.720. The van der Waals surface area contributed by atoms with E-state index >= 15 is 0 Å². The molecule has 0 bridgehead atoms. The van der Waals surface area contributed by atoms with E-state index in [1.54, 1.807) is 10.8 Å². The van der Waals surface area contributed by atoms with Gasteiger partial charge < -0.3 is 0 Å². The van der Waals surface area contributed by atoms with Gasteiger partial charge in [-0.05, 0) is 41.0 Å². The number of fused-ring (bicyclic) bond motifs is 1. The first-order valence-corrected chi connectivity index (χ1v) is 13.4. The van der Waals surface area contributed by atoms with Crippen molar-refractivity contribution in [1.29, 1.82) is 0 Å². The minimum Gasteiger partial charge on any atom is -0.0656 e. The maximum Gasteiger partial charge on any atom is 0.0775 e. The second kappa shape index (κ2) is 8.11. The third kappa shape index (κ3) is 4.23. The predicted octanol–water partition coefficient (Wildman–Crippen LogP) is 6.42. The van der Waals surface area contributed by atoms with Crippen molar-refractivity contribution in [2.75, 3.05) is 0 Å². The van der Waals surface area contributed by atoms with Crippen molar-refractivity contribution < 1.29 is 26.2 Å². The molecule has 0 unspecified atom stereocenters. The third-order valence-electron chi connectivity index (χ3n) is 6.05. The van der Waals surface area contributed by atoms with Crippen molar-refractivity contribution in [3.05, 3.63) is 59.2 Å². The zero-order chi connectivity index (χ0) is 17.4. The maximum absolute atomic E-state index is 2.51. The van der Waals surface area contributed by atoms with Crippen LogP contribution in [0.2, 0.25) is 19.6 Å². The Morgan fingerprint density at radius 3 is 2.27 bits per heavy atom. The molecule has 0 nitrogen and oxygen atoms in total. The van der Waals surface area contributed by atoms with Crippen molar-refractivity contribution in [3.63, 3.8) is 0 Å². The minimum absolute atomic E-state index is 0. The molecule has 1 fully saturated rings. The molecule has 0 amide bonds. The second-order valence-electron chi connectivity index (χ2n) is 9.04. The molecule has 0 heterocycles. The smallest absolute Gasteiger partial charge is 0.0656 e. The van der Waals surface area contributed by atoms with E-state index in [4.69, 9.17) is 0 Å². The van der Waals surface area contributed by atoms with Gasteiger partial charge in [-0.3, -0.25) is 0 Å². The molecular weight excluding hydrogens is 408 g/mol. The van der Waals surface area contributed by atoms with Crippen LogP contribution in [0, 0.1) is 5.92 Å². The topological polar surface area (TPSA) is 0 Å². The molecule has 26 heavy (non-hydrogen) atoms. The summed E-state index contributed by atoms with van der Waals surface area (Å²) >= 11 is 0. The molecule has 0 atom stereocenters. The zero-order valence-electron chi connectivity index (χ0n) is 16.4. The van der Waals surface area contributed by atoms with Gasteiger partial charge in [-0.1, -0.05) is 105 Å². The summed E-state index contributed by atoms with van der Waals surface area (Å²) in [5.74, 6) is 0.944. The Kier molecular flexibility index (Phi) is 6.25. The molecule has 2 aromatic rings. The van der Waals surface area contributed by atoms with Crippen LogP contribution in [-0.2, 0) is 32.6 Å². The molecule has 0 N–H and O–H groups in total. The van der Waals surface area contributed by atoms with Gasteiger partial charge in [-0.2, -0.15) is 0 Å². The van der Waals surface area contributed by atoms with Crippen LogP contribution in [0.3, 0.4) is 0 Å². The van der Waals surface area contributed by atoms with Crippen LogP contribution in [-0.4, -0.2) is 8.07 Å². The van der Waals surface area contributed by atoms with E-state index in [9.17, 15) is 0 Å². The van der Waals surface area contributed by atoms with E-state index < -0.39 is 8.07 Å².